The molecule has 4 rings (SSSR count). The predicted octanol–water partition coefficient (Wildman–Crippen LogP) is 3.62. The van der Waals surface area contributed by atoms with Crippen LogP contribution in [0.25, 0.3) is 10.9 Å². The number of nitrogens with zero attached hydrogens (tertiary/aromatic N) is 3. The van der Waals surface area contributed by atoms with Crippen LogP contribution in [-0.2, 0) is 13.1 Å². The molecule has 1 N–H and O–H groups in total. The van der Waals surface area contributed by atoms with Crippen molar-refractivity contribution in [3.8, 4) is 5.75 Å². The first-order valence-electron chi connectivity index (χ1n) is 10.7. The first kappa shape index (κ1) is 20.8. The van der Waals surface area contributed by atoms with E-state index >= 15 is 0 Å². The third kappa shape index (κ3) is 4.64. The summed E-state index contributed by atoms with van der Waals surface area (Å²) in [6.07, 6.45) is 2.66. The lowest BCUT2D eigenvalue weighted by molar-refractivity contribution is 0.0501. The molecule has 0 spiro atoms. The molecular formula is C25H31N3O2. The lowest BCUT2D eigenvalue weighted by Crippen LogP contribution is -2.52. The monoisotopic (exact) mass is 405 g/mol. The average Bonchev–Trinajstić information content (AvgIpc) is 2.76. The number of benzene rings is 2. The summed E-state index contributed by atoms with van der Waals surface area (Å²) in [6.45, 7) is 7.06. The van der Waals surface area contributed by atoms with Crippen LogP contribution < -0.4 is 4.74 Å². The molecule has 0 aliphatic carbocycles. The van der Waals surface area contributed by atoms with E-state index in [9.17, 15) is 5.11 Å². The lowest BCUT2D eigenvalue weighted by Gasteiger charge is -2.41. The quantitative estimate of drug-likeness (QED) is 0.651. The Hall–Kier alpha value is -2.47. The van der Waals surface area contributed by atoms with Gasteiger partial charge < -0.3 is 9.84 Å². The molecule has 158 valence electrons. The van der Waals surface area contributed by atoms with Gasteiger partial charge in [0.05, 0.1) is 12.6 Å². The van der Waals surface area contributed by atoms with Crippen LogP contribution >= 0.6 is 0 Å². The van der Waals surface area contributed by atoms with Gasteiger partial charge in [-0.3, -0.25) is 14.8 Å². The third-order valence-electron chi connectivity index (χ3n) is 6.11. The number of rotatable bonds is 7. The SMILES string of the molecule is COc1ccc(CN2CCN(Cc3cccc4cccnc34)C[C@H]2CCO)cc1C. The van der Waals surface area contributed by atoms with Crippen molar-refractivity contribution in [1.82, 2.24) is 14.8 Å². The summed E-state index contributed by atoms with van der Waals surface area (Å²) >= 11 is 0. The maximum Gasteiger partial charge on any atom is 0.121 e. The normalized spacial score (nSPS) is 18.0. The fourth-order valence-electron chi connectivity index (χ4n) is 4.54. The lowest BCUT2D eigenvalue weighted by atomic mass is 10.0. The molecule has 0 unspecified atom stereocenters. The maximum atomic E-state index is 9.66. The van der Waals surface area contributed by atoms with Crippen LogP contribution in [0.4, 0.5) is 0 Å². The van der Waals surface area contributed by atoms with E-state index < -0.39 is 0 Å². The molecule has 1 atom stereocenters. The number of para-hydroxylation sites is 1. The highest BCUT2D eigenvalue weighted by atomic mass is 16.5. The van der Waals surface area contributed by atoms with E-state index in [1.54, 1.807) is 7.11 Å². The zero-order chi connectivity index (χ0) is 20.9. The molecule has 30 heavy (non-hydrogen) atoms. The van der Waals surface area contributed by atoms with E-state index in [1.807, 2.05) is 12.3 Å². The van der Waals surface area contributed by atoms with E-state index in [1.165, 1.54) is 16.5 Å². The number of methoxy groups -OCH3 is 1. The second kappa shape index (κ2) is 9.56. The van der Waals surface area contributed by atoms with Crippen LogP contribution in [0.3, 0.4) is 0 Å². The molecule has 1 saturated heterocycles. The van der Waals surface area contributed by atoms with E-state index in [4.69, 9.17) is 4.74 Å². The Morgan fingerprint density at radius 2 is 1.97 bits per heavy atom. The van der Waals surface area contributed by atoms with Crippen LogP contribution in [0.5, 0.6) is 5.75 Å². The van der Waals surface area contributed by atoms with Gasteiger partial charge >= 0.3 is 0 Å². The average molecular weight is 406 g/mol. The minimum atomic E-state index is 0.215. The number of aromatic nitrogens is 1. The van der Waals surface area contributed by atoms with Gasteiger partial charge in [-0.2, -0.15) is 0 Å². The number of hydrogen-bond donors (Lipinski definition) is 1. The van der Waals surface area contributed by atoms with E-state index in [2.05, 4.69) is 64.2 Å². The summed E-state index contributed by atoms with van der Waals surface area (Å²) in [6, 6.07) is 17.3. The molecule has 5 nitrogen and oxygen atoms in total. The Labute approximate surface area is 178 Å². The van der Waals surface area contributed by atoms with Crippen molar-refractivity contribution in [1.29, 1.82) is 0 Å². The van der Waals surface area contributed by atoms with Gasteiger partial charge in [0.25, 0.3) is 0 Å². The predicted molar refractivity (Wildman–Crippen MR) is 121 cm³/mol. The Kier molecular flexibility index (Phi) is 6.62. The Morgan fingerprint density at radius 1 is 1.10 bits per heavy atom. The number of fused-ring (bicyclic) bond motifs is 1. The highest BCUT2D eigenvalue weighted by Gasteiger charge is 2.27. The largest absolute Gasteiger partial charge is 0.496 e. The molecule has 1 aromatic heterocycles. The third-order valence-corrected chi connectivity index (χ3v) is 6.11. The molecule has 0 radical (unpaired) electrons. The van der Waals surface area contributed by atoms with Crippen molar-refractivity contribution in [3.05, 3.63) is 71.4 Å². The van der Waals surface area contributed by atoms with Gasteiger partial charge in [0.2, 0.25) is 0 Å². The maximum absolute atomic E-state index is 9.66. The van der Waals surface area contributed by atoms with Crippen LogP contribution in [0.2, 0.25) is 0 Å². The Balaban J connectivity index is 1.45. The molecule has 0 saturated carbocycles. The molecule has 0 amide bonds. The van der Waals surface area contributed by atoms with Crippen LogP contribution in [0.15, 0.2) is 54.7 Å². The molecular weight excluding hydrogens is 374 g/mol. The molecule has 5 heteroatoms. The van der Waals surface area contributed by atoms with Crippen molar-refractivity contribution in [2.24, 2.45) is 0 Å². The van der Waals surface area contributed by atoms with Gasteiger partial charge in [-0.15, -0.1) is 0 Å². The van der Waals surface area contributed by atoms with E-state index in [-0.39, 0.29) is 6.61 Å². The number of aryl methyl sites for hydroxylation is 1. The minimum Gasteiger partial charge on any atom is -0.496 e. The second-order valence-electron chi connectivity index (χ2n) is 8.17. The number of aliphatic hydroxyl groups is 1. The first-order valence-corrected chi connectivity index (χ1v) is 10.7. The fourth-order valence-corrected chi connectivity index (χ4v) is 4.54. The summed E-state index contributed by atoms with van der Waals surface area (Å²) in [5.41, 5.74) is 4.82. The Bertz CT molecular complexity index is 986. The van der Waals surface area contributed by atoms with E-state index in [0.717, 1.165) is 56.0 Å². The second-order valence-corrected chi connectivity index (χ2v) is 8.17. The van der Waals surface area contributed by atoms with Gasteiger partial charge in [0, 0.05) is 57.0 Å². The van der Waals surface area contributed by atoms with Crippen molar-refractivity contribution >= 4 is 10.9 Å². The molecule has 3 aromatic rings. The van der Waals surface area contributed by atoms with E-state index in [0.29, 0.717) is 6.04 Å². The zero-order valence-electron chi connectivity index (χ0n) is 17.9. The molecule has 2 aromatic carbocycles. The Morgan fingerprint density at radius 3 is 2.77 bits per heavy atom. The zero-order valence-corrected chi connectivity index (χ0v) is 17.9. The summed E-state index contributed by atoms with van der Waals surface area (Å²) in [7, 11) is 1.71. The summed E-state index contributed by atoms with van der Waals surface area (Å²) in [4.78, 5) is 9.62. The van der Waals surface area contributed by atoms with Gasteiger partial charge in [0.15, 0.2) is 0 Å². The van der Waals surface area contributed by atoms with Gasteiger partial charge in [0.1, 0.15) is 5.75 Å². The number of pyridine rings is 1. The first-order chi connectivity index (χ1) is 14.7. The summed E-state index contributed by atoms with van der Waals surface area (Å²) in [5, 5.41) is 10.9. The molecule has 1 aliphatic heterocycles. The summed E-state index contributed by atoms with van der Waals surface area (Å²) < 4.78 is 5.39. The molecule has 1 aliphatic rings. The van der Waals surface area contributed by atoms with Gasteiger partial charge in [-0.1, -0.05) is 36.4 Å². The highest BCUT2D eigenvalue weighted by molar-refractivity contribution is 5.81. The number of hydrogen-bond acceptors (Lipinski definition) is 5. The fraction of sp³-hybridized carbons (Fsp3) is 0.400. The van der Waals surface area contributed by atoms with Crippen molar-refractivity contribution in [3.63, 3.8) is 0 Å². The number of ether oxygens (including phenoxy) is 1. The highest BCUT2D eigenvalue weighted by Crippen LogP contribution is 2.24. The van der Waals surface area contributed by atoms with Gasteiger partial charge in [-0.25, -0.2) is 0 Å². The van der Waals surface area contributed by atoms with Crippen LogP contribution in [0, 0.1) is 6.92 Å². The summed E-state index contributed by atoms with van der Waals surface area (Å²) in [5.74, 6) is 0.930. The van der Waals surface area contributed by atoms with Gasteiger partial charge in [-0.05, 0) is 42.2 Å². The standard InChI is InChI=1S/C25H31N3O2/c1-19-15-20(8-9-24(19)30-2)16-28-13-12-27(18-23(28)10-14-29)17-22-6-3-5-21-7-4-11-26-25(21)22/h3-9,11,15,23,29H,10,12-14,16-18H2,1-2H3/t23-/m1/s1. The number of piperazine rings is 1. The molecule has 1 fully saturated rings. The van der Waals surface area contributed by atoms with Crippen molar-refractivity contribution < 1.29 is 9.84 Å². The van der Waals surface area contributed by atoms with Crippen molar-refractivity contribution in [2.45, 2.75) is 32.5 Å². The van der Waals surface area contributed by atoms with Crippen LogP contribution in [0.1, 0.15) is 23.1 Å². The molecule has 2 heterocycles. The minimum absolute atomic E-state index is 0.215. The van der Waals surface area contributed by atoms with Crippen molar-refractivity contribution in [2.75, 3.05) is 33.4 Å². The smallest absolute Gasteiger partial charge is 0.121 e. The molecule has 0 bridgehead atoms. The number of aliphatic hydroxyl groups excluding tert-OH is 1. The van der Waals surface area contributed by atoms with Crippen LogP contribution in [-0.4, -0.2) is 59.3 Å². The topological polar surface area (TPSA) is 48.8 Å².